The van der Waals surface area contributed by atoms with Crippen molar-refractivity contribution >= 4 is 0 Å². The van der Waals surface area contributed by atoms with E-state index < -0.39 is 11.5 Å². The van der Waals surface area contributed by atoms with E-state index in [1.54, 1.807) is 7.11 Å². The topological polar surface area (TPSA) is 53.2 Å². The van der Waals surface area contributed by atoms with Crippen LogP contribution in [0.15, 0.2) is 24.3 Å². The van der Waals surface area contributed by atoms with Gasteiger partial charge in [0.1, 0.15) is 5.75 Å². The highest BCUT2D eigenvalue weighted by atomic mass is 16.5. The average molecular weight is 287 g/mol. The standard InChI is InChI=1S/C18H25NO2/c1-3-5-14-8-10-18(13-19,11-9-14)17(20)15-6-4-7-16(12-15)21-2/h4,6-7,12,14,17,20H,3,5,8-11H2,1-2H3. The lowest BCUT2D eigenvalue weighted by Crippen LogP contribution is -2.32. The van der Waals surface area contributed by atoms with E-state index in [0.717, 1.165) is 37.0 Å². The molecule has 21 heavy (non-hydrogen) atoms. The molecule has 1 fully saturated rings. The van der Waals surface area contributed by atoms with Crippen molar-refractivity contribution in [1.82, 2.24) is 0 Å². The molecule has 0 saturated heterocycles. The third-order valence-electron chi connectivity index (χ3n) is 4.85. The molecule has 1 N–H and O–H groups in total. The molecular weight excluding hydrogens is 262 g/mol. The SMILES string of the molecule is CCCC1CCC(C#N)(C(O)c2cccc(OC)c2)CC1. The molecule has 0 spiro atoms. The number of nitriles is 1. The maximum Gasteiger partial charge on any atom is 0.119 e. The first-order valence-corrected chi connectivity index (χ1v) is 7.88. The Balaban J connectivity index is 2.15. The van der Waals surface area contributed by atoms with Crippen molar-refractivity contribution < 1.29 is 9.84 Å². The van der Waals surface area contributed by atoms with Gasteiger partial charge >= 0.3 is 0 Å². The molecule has 1 saturated carbocycles. The molecule has 3 nitrogen and oxygen atoms in total. The third-order valence-corrected chi connectivity index (χ3v) is 4.85. The molecule has 1 aliphatic rings. The lowest BCUT2D eigenvalue weighted by molar-refractivity contribution is 0.0235. The van der Waals surface area contributed by atoms with E-state index in [1.165, 1.54) is 12.8 Å². The molecule has 0 amide bonds. The van der Waals surface area contributed by atoms with Crippen LogP contribution in [0.5, 0.6) is 5.75 Å². The summed E-state index contributed by atoms with van der Waals surface area (Å²) in [6.07, 6.45) is 5.35. The predicted molar refractivity (Wildman–Crippen MR) is 82.9 cm³/mol. The second-order valence-corrected chi connectivity index (χ2v) is 6.18. The van der Waals surface area contributed by atoms with Crippen LogP contribution >= 0.6 is 0 Å². The Morgan fingerprint density at radius 3 is 2.71 bits per heavy atom. The fourth-order valence-corrected chi connectivity index (χ4v) is 3.47. The van der Waals surface area contributed by atoms with Crippen LogP contribution in [0.2, 0.25) is 0 Å². The number of ether oxygens (including phenoxy) is 1. The predicted octanol–water partition coefficient (Wildman–Crippen LogP) is 4.23. The minimum atomic E-state index is -0.736. The molecule has 1 atom stereocenters. The van der Waals surface area contributed by atoms with Crippen LogP contribution in [0.1, 0.15) is 57.1 Å². The molecular formula is C18H25NO2. The lowest BCUT2D eigenvalue weighted by Gasteiger charge is -2.38. The highest BCUT2D eigenvalue weighted by molar-refractivity contribution is 5.32. The largest absolute Gasteiger partial charge is 0.497 e. The highest BCUT2D eigenvalue weighted by Gasteiger charge is 2.42. The van der Waals surface area contributed by atoms with E-state index in [-0.39, 0.29) is 0 Å². The minimum absolute atomic E-state index is 0.642. The number of rotatable bonds is 5. The summed E-state index contributed by atoms with van der Waals surface area (Å²) in [4.78, 5) is 0. The second-order valence-electron chi connectivity index (χ2n) is 6.18. The Morgan fingerprint density at radius 1 is 1.43 bits per heavy atom. The van der Waals surface area contributed by atoms with Crippen molar-refractivity contribution in [3.8, 4) is 11.8 Å². The van der Waals surface area contributed by atoms with Crippen LogP contribution < -0.4 is 4.74 Å². The van der Waals surface area contributed by atoms with Crippen molar-refractivity contribution in [2.24, 2.45) is 11.3 Å². The summed E-state index contributed by atoms with van der Waals surface area (Å²) in [7, 11) is 1.61. The number of aliphatic hydroxyl groups excluding tert-OH is 1. The van der Waals surface area contributed by atoms with Gasteiger partial charge in [-0.25, -0.2) is 0 Å². The summed E-state index contributed by atoms with van der Waals surface area (Å²) in [5, 5.41) is 20.4. The van der Waals surface area contributed by atoms with Crippen LogP contribution in [-0.4, -0.2) is 12.2 Å². The van der Waals surface area contributed by atoms with E-state index in [1.807, 2.05) is 24.3 Å². The number of hydrogen-bond acceptors (Lipinski definition) is 3. The monoisotopic (exact) mass is 287 g/mol. The molecule has 3 heteroatoms. The van der Waals surface area contributed by atoms with Gasteiger partial charge in [-0.2, -0.15) is 5.26 Å². The van der Waals surface area contributed by atoms with Gasteiger partial charge in [0.05, 0.1) is 24.7 Å². The van der Waals surface area contributed by atoms with Crippen molar-refractivity contribution in [3.63, 3.8) is 0 Å². The number of hydrogen-bond donors (Lipinski definition) is 1. The van der Waals surface area contributed by atoms with Gasteiger partial charge in [0.2, 0.25) is 0 Å². The van der Waals surface area contributed by atoms with Gasteiger partial charge in [-0.05, 0) is 49.3 Å². The molecule has 1 unspecified atom stereocenters. The first-order chi connectivity index (χ1) is 10.1. The van der Waals surface area contributed by atoms with Crippen LogP contribution in [-0.2, 0) is 0 Å². The number of aliphatic hydroxyl groups is 1. The maximum absolute atomic E-state index is 10.8. The Labute approximate surface area is 127 Å². The Bertz CT molecular complexity index is 498. The van der Waals surface area contributed by atoms with Gasteiger partial charge in [0.25, 0.3) is 0 Å². The second kappa shape index (κ2) is 6.95. The van der Waals surface area contributed by atoms with E-state index in [4.69, 9.17) is 4.74 Å². The summed E-state index contributed by atoms with van der Waals surface area (Å²) in [5.41, 5.74) is 0.140. The summed E-state index contributed by atoms with van der Waals surface area (Å²) in [6, 6.07) is 9.86. The van der Waals surface area contributed by atoms with Gasteiger partial charge in [0.15, 0.2) is 0 Å². The maximum atomic E-state index is 10.8. The zero-order valence-corrected chi connectivity index (χ0v) is 13.0. The van der Waals surface area contributed by atoms with E-state index in [2.05, 4.69) is 13.0 Å². The van der Waals surface area contributed by atoms with Crippen molar-refractivity contribution in [3.05, 3.63) is 29.8 Å². The normalized spacial score (nSPS) is 26.9. The average Bonchev–Trinajstić information content (AvgIpc) is 2.55. The number of methoxy groups -OCH3 is 1. The Morgan fingerprint density at radius 2 is 2.14 bits per heavy atom. The fraction of sp³-hybridized carbons (Fsp3) is 0.611. The molecule has 1 aromatic carbocycles. The summed E-state index contributed by atoms with van der Waals surface area (Å²) in [5.74, 6) is 1.44. The van der Waals surface area contributed by atoms with Crippen LogP contribution in [0.4, 0.5) is 0 Å². The van der Waals surface area contributed by atoms with Crippen molar-refractivity contribution in [2.75, 3.05) is 7.11 Å². The third kappa shape index (κ3) is 3.39. The van der Waals surface area contributed by atoms with Crippen LogP contribution in [0, 0.1) is 22.7 Å². The van der Waals surface area contributed by atoms with E-state index in [0.29, 0.717) is 5.92 Å². The first kappa shape index (κ1) is 15.9. The van der Waals surface area contributed by atoms with Crippen molar-refractivity contribution in [2.45, 2.75) is 51.6 Å². The van der Waals surface area contributed by atoms with Gasteiger partial charge in [-0.3, -0.25) is 0 Å². The van der Waals surface area contributed by atoms with E-state index in [9.17, 15) is 10.4 Å². The number of nitrogens with zero attached hydrogens (tertiary/aromatic N) is 1. The molecule has 2 rings (SSSR count). The highest BCUT2D eigenvalue weighted by Crippen LogP contribution is 2.48. The smallest absolute Gasteiger partial charge is 0.119 e. The van der Waals surface area contributed by atoms with Crippen LogP contribution in [0.3, 0.4) is 0 Å². The lowest BCUT2D eigenvalue weighted by atomic mass is 9.66. The fourth-order valence-electron chi connectivity index (χ4n) is 3.47. The molecule has 0 aliphatic heterocycles. The number of benzene rings is 1. The molecule has 0 heterocycles. The first-order valence-electron chi connectivity index (χ1n) is 7.88. The molecule has 0 radical (unpaired) electrons. The zero-order chi connectivity index (χ0) is 15.3. The quantitative estimate of drug-likeness (QED) is 0.881. The van der Waals surface area contributed by atoms with Crippen LogP contribution in [0.25, 0.3) is 0 Å². The zero-order valence-electron chi connectivity index (χ0n) is 13.0. The molecule has 0 aromatic heterocycles. The summed E-state index contributed by atoms with van der Waals surface area (Å²) in [6.45, 7) is 2.21. The van der Waals surface area contributed by atoms with E-state index >= 15 is 0 Å². The van der Waals surface area contributed by atoms with Gasteiger partial charge in [0, 0.05) is 0 Å². The Hall–Kier alpha value is -1.53. The molecule has 1 aliphatic carbocycles. The summed E-state index contributed by atoms with van der Waals surface area (Å²) < 4.78 is 5.21. The summed E-state index contributed by atoms with van der Waals surface area (Å²) >= 11 is 0. The molecule has 1 aromatic rings. The van der Waals surface area contributed by atoms with Crippen molar-refractivity contribution in [1.29, 1.82) is 5.26 Å². The van der Waals surface area contributed by atoms with Gasteiger partial charge < -0.3 is 9.84 Å². The minimum Gasteiger partial charge on any atom is -0.497 e. The van der Waals surface area contributed by atoms with Gasteiger partial charge in [-0.1, -0.05) is 31.9 Å². The Kier molecular flexibility index (Phi) is 5.25. The molecule has 0 bridgehead atoms. The molecule has 114 valence electrons. The van der Waals surface area contributed by atoms with Gasteiger partial charge in [-0.15, -0.1) is 0 Å².